The number of carbonyl (C=O) groups is 1. The molecule has 35 heavy (non-hydrogen) atoms. The van der Waals surface area contributed by atoms with Crippen LogP contribution >= 0.6 is 0 Å². The van der Waals surface area contributed by atoms with Gasteiger partial charge in [-0.2, -0.15) is 13.2 Å². The van der Waals surface area contributed by atoms with Crippen LogP contribution in [0.4, 0.5) is 24.5 Å². The highest BCUT2D eigenvalue weighted by Crippen LogP contribution is 2.36. The van der Waals surface area contributed by atoms with Crippen LogP contribution in [0, 0.1) is 6.92 Å². The van der Waals surface area contributed by atoms with Crippen LogP contribution < -0.4 is 19.1 Å². The standard InChI is InChI=1S/C24H23F3N2O5S/c1-16-7-10-20(11-8-16)35(31,32)29(21-12-9-19(33-2)14-22(21)34-3)15-23(30)28-18-6-4-5-17(13-18)24(25,26)27/h4-14H,15H2,1-3H3,(H,28,30). The van der Waals surface area contributed by atoms with Crippen LogP contribution in [0.5, 0.6) is 11.5 Å². The van der Waals surface area contributed by atoms with Gasteiger partial charge in [-0.05, 0) is 49.4 Å². The van der Waals surface area contributed by atoms with Crippen molar-refractivity contribution < 1.29 is 35.9 Å². The molecule has 186 valence electrons. The summed E-state index contributed by atoms with van der Waals surface area (Å²) in [7, 11) is -1.51. The average Bonchev–Trinajstić information content (AvgIpc) is 2.82. The number of benzene rings is 3. The molecule has 3 rings (SSSR count). The van der Waals surface area contributed by atoms with Gasteiger partial charge in [0, 0.05) is 11.8 Å². The van der Waals surface area contributed by atoms with Gasteiger partial charge in [0.2, 0.25) is 5.91 Å². The first-order valence-electron chi connectivity index (χ1n) is 10.2. The number of carbonyl (C=O) groups excluding carboxylic acids is 1. The van der Waals surface area contributed by atoms with Crippen LogP contribution in [-0.4, -0.2) is 35.1 Å². The van der Waals surface area contributed by atoms with Crippen LogP contribution in [0.2, 0.25) is 0 Å². The van der Waals surface area contributed by atoms with Crippen LogP contribution in [0.15, 0.2) is 71.6 Å². The Bertz CT molecular complexity index is 1310. The minimum absolute atomic E-state index is 0.0491. The summed E-state index contributed by atoms with van der Waals surface area (Å²) in [5, 5.41) is 2.34. The van der Waals surface area contributed by atoms with E-state index in [1.807, 2.05) is 0 Å². The Morgan fingerprint density at radius 2 is 1.66 bits per heavy atom. The second-order valence-electron chi connectivity index (χ2n) is 7.49. The van der Waals surface area contributed by atoms with Crippen molar-refractivity contribution in [1.29, 1.82) is 0 Å². The minimum Gasteiger partial charge on any atom is -0.497 e. The predicted molar refractivity (Wildman–Crippen MR) is 125 cm³/mol. The number of alkyl halides is 3. The van der Waals surface area contributed by atoms with Crippen LogP contribution in [0.3, 0.4) is 0 Å². The smallest absolute Gasteiger partial charge is 0.416 e. The SMILES string of the molecule is COc1ccc(N(CC(=O)Nc2cccc(C(F)(F)F)c2)S(=O)(=O)c2ccc(C)cc2)c(OC)c1. The molecule has 0 saturated carbocycles. The molecule has 11 heteroatoms. The maximum atomic E-state index is 13.6. The van der Waals surface area contributed by atoms with E-state index in [0.29, 0.717) is 5.75 Å². The van der Waals surface area contributed by atoms with Crippen molar-refractivity contribution >= 4 is 27.3 Å². The fourth-order valence-electron chi connectivity index (χ4n) is 3.23. The van der Waals surface area contributed by atoms with Crippen molar-refractivity contribution in [2.75, 3.05) is 30.4 Å². The molecule has 0 atom stereocenters. The van der Waals surface area contributed by atoms with Gasteiger partial charge in [0.25, 0.3) is 10.0 Å². The average molecular weight is 509 g/mol. The molecule has 0 aliphatic heterocycles. The van der Waals surface area contributed by atoms with Crippen molar-refractivity contribution in [1.82, 2.24) is 0 Å². The molecule has 7 nitrogen and oxygen atoms in total. The Kier molecular flexibility index (Phi) is 7.59. The van der Waals surface area contributed by atoms with E-state index in [1.165, 1.54) is 50.6 Å². The molecule has 0 unspecified atom stereocenters. The number of amides is 1. The number of sulfonamides is 1. The quantitative estimate of drug-likeness (QED) is 0.470. The van der Waals surface area contributed by atoms with Crippen molar-refractivity contribution in [3.05, 3.63) is 77.9 Å². The molecule has 0 bridgehead atoms. The van der Waals surface area contributed by atoms with Gasteiger partial charge in [0.05, 0.1) is 30.4 Å². The maximum Gasteiger partial charge on any atom is 0.416 e. The maximum absolute atomic E-state index is 13.6. The zero-order valence-corrected chi connectivity index (χ0v) is 19.9. The lowest BCUT2D eigenvalue weighted by atomic mass is 10.2. The van der Waals surface area contributed by atoms with E-state index in [9.17, 15) is 26.4 Å². The number of hydrogen-bond donors (Lipinski definition) is 1. The van der Waals surface area contributed by atoms with Crippen molar-refractivity contribution in [2.45, 2.75) is 18.0 Å². The molecule has 0 radical (unpaired) electrons. The lowest BCUT2D eigenvalue weighted by molar-refractivity contribution is -0.137. The number of ether oxygens (including phenoxy) is 2. The molecular weight excluding hydrogens is 485 g/mol. The Morgan fingerprint density at radius 3 is 2.26 bits per heavy atom. The van der Waals surface area contributed by atoms with Gasteiger partial charge in [-0.1, -0.05) is 23.8 Å². The van der Waals surface area contributed by atoms with E-state index >= 15 is 0 Å². The molecule has 0 heterocycles. The summed E-state index contributed by atoms with van der Waals surface area (Å²) in [6, 6.07) is 14.5. The minimum atomic E-state index is -4.60. The fraction of sp³-hybridized carbons (Fsp3) is 0.208. The molecule has 0 aliphatic rings. The Hall–Kier alpha value is -3.73. The zero-order valence-electron chi connectivity index (χ0n) is 19.1. The lowest BCUT2D eigenvalue weighted by Gasteiger charge is -2.26. The molecule has 3 aromatic rings. The molecule has 0 spiro atoms. The molecule has 1 N–H and O–H groups in total. The van der Waals surface area contributed by atoms with E-state index in [2.05, 4.69) is 5.32 Å². The van der Waals surface area contributed by atoms with E-state index in [4.69, 9.17) is 9.47 Å². The van der Waals surface area contributed by atoms with Crippen molar-refractivity contribution in [3.63, 3.8) is 0 Å². The number of methoxy groups -OCH3 is 2. The number of rotatable bonds is 8. The number of aryl methyl sites for hydroxylation is 1. The highest BCUT2D eigenvalue weighted by Gasteiger charge is 2.32. The second kappa shape index (κ2) is 10.3. The van der Waals surface area contributed by atoms with Gasteiger partial charge < -0.3 is 14.8 Å². The van der Waals surface area contributed by atoms with E-state index in [-0.39, 0.29) is 22.0 Å². The first-order valence-corrected chi connectivity index (χ1v) is 11.7. The number of nitrogens with one attached hydrogen (secondary N) is 1. The number of nitrogens with zero attached hydrogens (tertiary/aromatic N) is 1. The van der Waals surface area contributed by atoms with Gasteiger partial charge in [-0.15, -0.1) is 0 Å². The predicted octanol–water partition coefficient (Wildman–Crippen LogP) is 4.87. The lowest BCUT2D eigenvalue weighted by Crippen LogP contribution is -2.38. The highest BCUT2D eigenvalue weighted by atomic mass is 32.2. The van der Waals surface area contributed by atoms with Crippen molar-refractivity contribution in [2.24, 2.45) is 0 Å². The number of hydrogen-bond acceptors (Lipinski definition) is 5. The van der Waals surface area contributed by atoms with Gasteiger partial charge in [0.15, 0.2) is 0 Å². The first kappa shape index (κ1) is 25.9. The topological polar surface area (TPSA) is 84.9 Å². The summed E-state index contributed by atoms with van der Waals surface area (Å²) in [6.07, 6.45) is -4.60. The number of halogens is 3. The first-order chi connectivity index (χ1) is 16.5. The molecule has 0 fully saturated rings. The van der Waals surface area contributed by atoms with Gasteiger partial charge in [0.1, 0.15) is 18.0 Å². The second-order valence-corrected chi connectivity index (χ2v) is 9.35. The largest absolute Gasteiger partial charge is 0.497 e. The van der Waals surface area contributed by atoms with E-state index in [0.717, 1.165) is 28.1 Å². The summed E-state index contributed by atoms with van der Waals surface area (Å²) in [5.74, 6) is -0.337. The van der Waals surface area contributed by atoms with Gasteiger partial charge in [-0.25, -0.2) is 8.42 Å². The third kappa shape index (κ3) is 6.04. The Labute approximate surface area is 201 Å². The Morgan fingerprint density at radius 1 is 0.971 bits per heavy atom. The third-order valence-electron chi connectivity index (χ3n) is 5.03. The zero-order chi connectivity index (χ0) is 25.8. The summed E-state index contributed by atoms with van der Waals surface area (Å²) in [4.78, 5) is 12.8. The van der Waals surface area contributed by atoms with E-state index in [1.54, 1.807) is 19.1 Å². The highest BCUT2D eigenvalue weighted by molar-refractivity contribution is 7.92. The Balaban J connectivity index is 2.01. The van der Waals surface area contributed by atoms with Crippen LogP contribution in [0.1, 0.15) is 11.1 Å². The van der Waals surface area contributed by atoms with Crippen molar-refractivity contribution in [3.8, 4) is 11.5 Å². The van der Waals surface area contributed by atoms with E-state index < -0.39 is 34.2 Å². The summed E-state index contributed by atoms with van der Waals surface area (Å²) in [5.41, 5.74) is -0.191. The third-order valence-corrected chi connectivity index (χ3v) is 6.80. The number of anilines is 2. The normalized spacial score (nSPS) is 11.6. The summed E-state index contributed by atoms with van der Waals surface area (Å²) < 4.78 is 77.5. The molecule has 3 aromatic carbocycles. The molecular formula is C24H23F3N2O5S. The molecule has 0 aromatic heterocycles. The monoisotopic (exact) mass is 508 g/mol. The fourth-order valence-corrected chi connectivity index (χ4v) is 4.66. The van der Waals surface area contributed by atoms with Crippen LogP contribution in [-0.2, 0) is 21.0 Å². The summed E-state index contributed by atoms with van der Waals surface area (Å²) >= 11 is 0. The molecule has 1 amide bonds. The van der Waals surface area contributed by atoms with Gasteiger partial charge in [-0.3, -0.25) is 9.10 Å². The molecule has 0 saturated heterocycles. The van der Waals surface area contributed by atoms with Crippen LogP contribution in [0.25, 0.3) is 0 Å². The van der Waals surface area contributed by atoms with Gasteiger partial charge >= 0.3 is 6.18 Å². The molecule has 0 aliphatic carbocycles. The summed E-state index contributed by atoms with van der Waals surface area (Å²) in [6.45, 7) is 1.07.